The average Bonchev–Trinajstić information content (AvgIpc) is 3.14. The molecule has 3 atom stereocenters. The Morgan fingerprint density at radius 1 is 0.759 bits per heavy atom. The van der Waals surface area contributed by atoms with Crippen LogP contribution in [0.5, 0.6) is 5.75 Å². The number of carboxylic acid groups (broad SMARTS) is 1. The first-order valence-corrected chi connectivity index (χ1v) is 17.9. The van der Waals surface area contributed by atoms with Gasteiger partial charge in [0.15, 0.2) is 6.10 Å². The molecule has 0 aromatic heterocycles. The zero-order valence-corrected chi connectivity index (χ0v) is 30.9. The van der Waals surface area contributed by atoms with Gasteiger partial charge in [-0.1, -0.05) is 6.07 Å². The first-order chi connectivity index (χ1) is 26.3. The number of nitrogens with one attached hydrogen (secondary N) is 2. The van der Waals surface area contributed by atoms with Crippen molar-refractivity contribution in [3.05, 3.63) is 23.8 Å². The second-order valence-corrected chi connectivity index (χ2v) is 11.5. The summed E-state index contributed by atoms with van der Waals surface area (Å²) in [7, 11) is 0. The maximum Gasteiger partial charge on any atom is 0.333 e. The number of anilines is 1. The number of hydrogen-bond donors (Lipinski definition) is 4. The highest BCUT2D eigenvalue weighted by Gasteiger charge is 2.34. The van der Waals surface area contributed by atoms with Gasteiger partial charge >= 0.3 is 11.9 Å². The van der Waals surface area contributed by atoms with Crippen LogP contribution >= 0.6 is 0 Å². The summed E-state index contributed by atoms with van der Waals surface area (Å²) in [6.45, 7) is 8.11. The summed E-state index contributed by atoms with van der Waals surface area (Å²) in [5.41, 5.74) is 0.832. The van der Waals surface area contributed by atoms with Crippen molar-refractivity contribution in [2.45, 2.75) is 51.3 Å². The number of aliphatic hydroxyl groups is 1. The maximum atomic E-state index is 12.7. The molecule has 0 radical (unpaired) electrons. The second kappa shape index (κ2) is 30.8. The Balaban J connectivity index is 1.45. The molecule has 308 valence electrons. The predicted octanol–water partition coefficient (Wildman–Crippen LogP) is 0.287. The summed E-state index contributed by atoms with van der Waals surface area (Å²) in [6.07, 6.45) is -2.60. The lowest BCUT2D eigenvalue weighted by atomic mass is 10.1. The summed E-state index contributed by atoms with van der Waals surface area (Å²) in [4.78, 5) is 45.4. The van der Waals surface area contributed by atoms with E-state index in [1.165, 1.54) is 13.0 Å². The smallest absolute Gasteiger partial charge is 0.333 e. The largest absolute Gasteiger partial charge is 0.479 e. The number of rotatable bonds is 34. The summed E-state index contributed by atoms with van der Waals surface area (Å²) in [5, 5.41) is 24.6. The van der Waals surface area contributed by atoms with Crippen molar-refractivity contribution in [3.8, 4) is 5.75 Å². The minimum absolute atomic E-state index is 0.0204. The minimum Gasteiger partial charge on any atom is -0.479 e. The highest BCUT2D eigenvalue weighted by atomic mass is 16.7. The van der Waals surface area contributed by atoms with Gasteiger partial charge in [-0.3, -0.25) is 14.4 Å². The molecule has 1 aromatic rings. The average molecular weight is 777 g/mol. The van der Waals surface area contributed by atoms with Crippen LogP contribution < -0.4 is 15.4 Å². The van der Waals surface area contributed by atoms with Crippen LogP contribution in [0.25, 0.3) is 0 Å². The standard InChI is InChI=1S/C35H56N2O17/c1-27(39)52-25-28-2-3-31(53-34-24-29(40)23-32(54-34)35(42)43)30(22-28)37-33(41)4-6-44-8-10-46-12-14-48-16-18-50-20-21-51-19-17-49-15-13-47-11-9-45-7-5-36-26-38/h2-3,22,26,29,32,34,40H,4-21,23-25H2,1H3,(H,36,38)(H,37,41)(H,42,43). The Morgan fingerprint density at radius 3 is 1.74 bits per heavy atom. The molecule has 1 aliphatic heterocycles. The van der Waals surface area contributed by atoms with Crippen molar-refractivity contribution >= 4 is 29.9 Å². The van der Waals surface area contributed by atoms with Gasteiger partial charge in [-0.25, -0.2) is 4.79 Å². The third-order valence-corrected chi connectivity index (χ3v) is 7.11. The van der Waals surface area contributed by atoms with E-state index >= 15 is 0 Å². The van der Waals surface area contributed by atoms with Crippen molar-refractivity contribution in [2.75, 3.05) is 118 Å². The molecule has 0 aliphatic carbocycles. The number of aliphatic carboxylic acids is 1. The van der Waals surface area contributed by atoms with E-state index in [4.69, 9.17) is 52.1 Å². The van der Waals surface area contributed by atoms with Gasteiger partial charge in [0.1, 0.15) is 12.4 Å². The van der Waals surface area contributed by atoms with E-state index in [-0.39, 0.29) is 56.4 Å². The first kappa shape index (κ1) is 46.7. The summed E-state index contributed by atoms with van der Waals surface area (Å²) < 4.78 is 59.7. The molecule has 4 N–H and O–H groups in total. The van der Waals surface area contributed by atoms with Gasteiger partial charge in [-0.05, 0) is 17.7 Å². The Morgan fingerprint density at radius 2 is 1.26 bits per heavy atom. The topological polar surface area (TPSA) is 234 Å². The normalized spacial score (nSPS) is 16.8. The van der Waals surface area contributed by atoms with Gasteiger partial charge in [-0.2, -0.15) is 0 Å². The van der Waals surface area contributed by atoms with Crippen molar-refractivity contribution in [3.63, 3.8) is 0 Å². The SMILES string of the molecule is CC(=O)OCc1ccc(OC2CC(O)CC(C(=O)O)O2)c(NC(=O)CCOCCOCCOCCOCCOCCOCCOCCOCCNC=O)c1. The first-order valence-electron chi connectivity index (χ1n) is 17.9. The Hall–Kier alpha value is -3.50. The fourth-order valence-corrected chi connectivity index (χ4v) is 4.50. The Labute approximate surface area is 315 Å². The molecule has 0 bridgehead atoms. The molecule has 2 amide bonds. The lowest BCUT2D eigenvalue weighted by Crippen LogP contribution is -2.42. The molecule has 1 aliphatic rings. The Bertz CT molecular complexity index is 1180. The van der Waals surface area contributed by atoms with Gasteiger partial charge in [0, 0.05) is 26.3 Å². The number of hydrogen-bond acceptors (Lipinski definition) is 16. The number of ether oxygens (including phenoxy) is 11. The highest BCUT2D eigenvalue weighted by Crippen LogP contribution is 2.30. The highest BCUT2D eigenvalue weighted by molar-refractivity contribution is 5.92. The zero-order valence-electron chi connectivity index (χ0n) is 30.9. The molecular weight excluding hydrogens is 720 g/mol. The zero-order chi connectivity index (χ0) is 39.1. The molecule has 54 heavy (non-hydrogen) atoms. The predicted molar refractivity (Wildman–Crippen MR) is 188 cm³/mol. The molecule has 1 aromatic carbocycles. The molecule has 1 saturated heterocycles. The molecule has 0 spiro atoms. The third-order valence-electron chi connectivity index (χ3n) is 7.11. The van der Waals surface area contributed by atoms with Crippen LogP contribution in [0.1, 0.15) is 31.7 Å². The molecule has 0 saturated carbocycles. The number of amides is 2. The lowest BCUT2D eigenvalue weighted by molar-refractivity contribution is -0.195. The number of esters is 1. The monoisotopic (exact) mass is 776 g/mol. The van der Waals surface area contributed by atoms with E-state index in [0.29, 0.717) is 111 Å². The maximum absolute atomic E-state index is 12.7. The van der Waals surface area contributed by atoms with Crippen LogP contribution in [-0.2, 0) is 73.2 Å². The summed E-state index contributed by atoms with van der Waals surface area (Å²) in [6, 6.07) is 4.73. The van der Waals surface area contributed by atoms with Gasteiger partial charge in [0.25, 0.3) is 0 Å². The third kappa shape index (κ3) is 24.0. The van der Waals surface area contributed by atoms with Crippen LogP contribution in [0.15, 0.2) is 18.2 Å². The van der Waals surface area contributed by atoms with Gasteiger partial charge in [-0.15, -0.1) is 0 Å². The second-order valence-electron chi connectivity index (χ2n) is 11.5. The lowest BCUT2D eigenvalue weighted by Gasteiger charge is -2.31. The Kier molecular flexibility index (Phi) is 26.6. The fraction of sp³-hybridized carbons (Fsp3) is 0.714. The van der Waals surface area contributed by atoms with E-state index in [0.717, 1.165) is 0 Å². The van der Waals surface area contributed by atoms with Crippen molar-refractivity contribution in [2.24, 2.45) is 0 Å². The molecule has 3 unspecified atom stereocenters. The van der Waals surface area contributed by atoms with E-state index in [1.54, 1.807) is 12.1 Å². The van der Waals surface area contributed by atoms with Crippen LogP contribution in [0.2, 0.25) is 0 Å². The van der Waals surface area contributed by atoms with Gasteiger partial charge in [0.2, 0.25) is 18.6 Å². The van der Waals surface area contributed by atoms with Crippen molar-refractivity contribution in [1.82, 2.24) is 5.32 Å². The van der Waals surface area contributed by atoms with E-state index in [2.05, 4.69) is 10.6 Å². The van der Waals surface area contributed by atoms with Crippen molar-refractivity contribution in [1.29, 1.82) is 0 Å². The van der Waals surface area contributed by atoms with Crippen LogP contribution in [-0.4, -0.2) is 165 Å². The van der Waals surface area contributed by atoms with Crippen LogP contribution in [0, 0.1) is 0 Å². The molecule has 19 nitrogen and oxygen atoms in total. The van der Waals surface area contributed by atoms with Gasteiger partial charge in [0.05, 0.1) is 124 Å². The molecule has 2 rings (SSSR count). The van der Waals surface area contributed by atoms with E-state index < -0.39 is 30.4 Å². The fourth-order valence-electron chi connectivity index (χ4n) is 4.50. The van der Waals surface area contributed by atoms with Crippen LogP contribution in [0.3, 0.4) is 0 Å². The van der Waals surface area contributed by atoms with Gasteiger partial charge < -0.3 is 73.0 Å². The molecule has 1 heterocycles. The molecule has 19 heteroatoms. The summed E-state index contributed by atoms with van der Waals surface area (Å²) in [5.74, 6) is -1.88. The van der Waals surface area contributed by atoms with Crippen LogP contribution in [0.4, 0.5) is 5.69 Å². The molecule has 1 fully saturated rings. The number of carbonyl (C=O) groups excluding carboxylic acids is 3. The number of aliphatic hydroxyl groups excluding tert-OH is 1. The number of benzene rings is 1. The molecular formula is C35H56N2O17. The van der Waals surface area contributed by atoms with E-state index in [9.17, 15) is 29.4 Å². The minimum atomic E-state index is -1.23. The number of carboxylic acids is 1. The number of carbonyl (C=O) groups is 4. The quantitative estimate of drug-likeness (QED) is 0.0418. The summed E-state index contributed by atoms with van der Waals surface area (Å²) >= 11 is 0. The van der Waals surface area contributed by atoms with Crippen molar-refractivity contribution < 1.29 is 81.5 Å². The van der Waals surface area contributed by atoms with E-state index in [1.807, 2.05) is 0 Å².